The molecule has 5 heterocycles. The van der Waals surface area contributed by atoms with Crippen molar-refractivity contribution in [3.05, 3.63) is 55.0 Å². The number of nitrogens with one attached hydrogen (secondary N) is 1. The van der Waals surface area contributed by atoms with Gasteiger partial charge in [0.2, 0.25) is 0 Å². The molecular weight excluding hydrogens is 350 g/mol. The summed E-state index contributed by atoms with van der Waals surface area (Å²) in [6, 6.07) is 12.0. The van der Waals surface area contributed by atoms with Gasteiger partial charge in [-0.2, -0.15) is 5.10 Å². The molecule has 0 unspecified atom stereocenters. The number of nitrogens with two attached hydrogens (primary N) is 1. The smallest absolute Gasteiger partial charge is 0.129 e. The standard InChI is InChI=1S/C21H21N7/c22-10-14-6-8-28(13-14)20-5-1-4-17(25-20)21-16-9-18(15-3-2-7-23-11-15)24-12-19(16)26-27-21/h1-5,7,9,11-12,14H,6,8,10,13,22H2,(H,26,27)/t14-/m0/s1. The van der Waals surface area contributed by atoms with Crippen LogP contribution in [-0.4, -0.2) is 44.8 Å². The zero-order valence-electron chi connectivity index (χ0n) is 15.4. The quantitative estimate of drug-likeness (QED) is 0.573. The third-order valence-corrected chi connectivity index (χ3v) is 5.32. The highest BCUT2D eigenvalue weighted by Gasteiger charge is 2.23. The van der Waals surface area contributed by atoms with E-state index in [1.807, 2.05) is 42.7 Å². The Kier molecular flexibility index (Phi) is 4.21. The number of anilines is 1. The molecule has 0 spiro atoms. The van der Waals surface area contributed by atoms with Crippen molar-refractivity contribution in [2.75, 3.05) is 24.5 Å². The lowest BCUT2D eigenvalue weighted by Gasteiger charge is -2.17. The average Bonchev–Trinajstić information content (AvgIpc) is 3.41. The van der Waals surface area contributed by atoms with E-state index in [1.165, 1.54) is 0 Å². The minimum atomic E-state index is 0.546. The SMILES string of the molecule is NC[C@@H]1CCN(c2cccc(-c3n[nH]c4cnc(-c5cccnc5)cc34)n2)C1. The van der Waals surface area contributed by atoms with E-state index in [9.17, 15) is 0 Å². The number of hydrogen-bond donors (Lipinski definition) is 2. The zero-order chi connectivity index (χ0) is 18.9. The fraction of sp³-hybridized carbons (Fsp3) is 0.238. The van der Waals surface area contributed by atoms with Crippen molar-refractivity contribution in [1.82, 2.24) is 25.1 Å². The van der Waals surface area contributed by atoms with Crippen LogP contribution in [0.3, 0.4) is 0 Å². The fourth-order valence-corrected chi connectivity index (χ4v) is 3.75. The highest BCUT2D eigenvalue weighted by molar-refractivity contribution is 5.93. The topological polar surface area (TPSA) is 96.6 Å². The number of H-pyrrole nitrogens is 1. The second-order valence-corrected chi connectivity index (χ2v) is 7.15. The van der Waals surface area contributed by atoms with E-state index in [-0.39, 0.29) is 0 Å². The third-order valence-electron chi connectivity index (χ3n) is 5.32. The zero-order valence-corrected chi connectivity index (χ0v) is 15.4. The molecule has 1 atom stereocenters. The van der Waals surface area contributed by atoms with Gasteiger partial charge in [-0.1, -0.05) is 6.07 Å². The molecule has 4 aromatic rings. The van der Waals surface area contributed by atoms with Crippen LogP contribution in [0.1, 0.15) is 6.42 Å². The third kappa shape index (κ3) is 2.99. The molecule has 1 aliphatic rings. The van der Waals surface area contributed by atoms with E-state index in [2.05, 4.69) is 31.1 Å². The number of nitrogens with zero attached hydrogens (tertiary/aromatic N) is 5. The molecule has 28 heavy (non-hydrogen) atoms. The summed E-state index contributed by atoms with van der Waals surface area (Å²) in [5.74, 6) is 1.52. The predicted molar refractivity (Wildman–Crippen MR) is 110 cm³/mol. The molecule has 0 saturated carbocycles. The number of aromatic nitrogens is 5. The van der Waals surface area contributed by atoms with Gasteiger partial charge in [0.25, 0.3) is 0 Å². The first-order valence-electron chi connectivity index (χ1n) is 9.49. The minimum Gasteiger partial charge on any atom is -0.356 e. The molecule has 1 saturated heterocycles. The normalized spacial score (nSPS) is 16.8. The van der Waals surface area contributed by atoms with Gasteiger partial charge in [0.05, 0.1) is 23.1 Å². The maximum Gasteiger partial charge on any atom is 0.129 e. The molecule has 140 valence electrons. The Morgan fingerprint density at radius 1 is 1.14 bits per heavy atom. The molecular formula is C21H21N7. The lowest BCUT2D eigenvalue weighted by Crippen LogP contribution is -2.23. The van der Waals surface area contributed by atoms with E-state index in [0.717, 1.165) is 65.4 Å². The van der Waals surface area contributed by atoms with Gasteiger partial charge in [0.1, 0.15) is 11.5 Å². The van der Waals surface area contributed by atoms with E-state index < -0.39 is 0 Å². The Bertz CT molecular complexity index is 1110. The average molecular weight is 371 g/mol. The number of aromatic amines is 1. The number of fused-ring (bicyclic) bond motifs is 1. The maximum atomic E-state index is 5.83. The molecule has 3 N–H and O–H groups in total. The summed E-state index contributed by atoms with van der Waals surface area (Å²) in [6.07, 6.45) is 6.50. The van der Waals surface area contributed by atoms with Gasteiger partial charge in [0.15, 0.2) is 0 Å². The van der Waals surface area contributed by atoms with Crippen molar-refractivity contribution < 1.29 is 0 Å². The summed E-state index contributed by atoms with van der Waals surface area (Å²) in [6.45, 7) is 2.68. The van der Waals surface area contributed by atoms with Crippen LogP contribution < -0.4 is 10.6 Å². The predicted octanol–water partition coefficient (Wildman–Crippen LogP) is 2.87. The summed E-state index contributed by atoms with van der Waals surface area (Å²) in [5, 5.41) is 8.59. The Morgan fingerprint density at radius 2 is 2.11 bits per heavy atom. The van der Waals surface area contributed by atoms with Crippen molar-refractivity contribution in [2.24, 2.45) is 11.7 Å². The fourth-order valence-electron chi connectivity index (χ4n) is 3.75. The molecule has 5 rings (SSSR count). The van der Waals surface area contributed by atoms with Gasteiger partial charge < -0.3 is 10.6 Å². The molecule has 0 aromatic carbocycles. The van der Waals surface area contributed by atoms with E-state index in [0.29, 0.717) is 5.92 Å². The Balaban J connectivity index is 1.54. The lowest BCUT2D eigenvalue weighted by atomic mass is 10.1. The van der Waals surface area contributed by atoms with Crippen molar-refractivity contribution in [3.63, 3.8) is 0 Å². The summed E-state index contributed by atoms with van der Waals surface area (Å²) in [7, 11) is 0. The van der Waals surface area contributed by atoms with Crippen LogP contribution in [-0.2, 0) is 0 Å². The number of pyridine rings is 3. The Hall–Kier alpha value is -3.32. The molecule has 1 aliphatic heterocycles. The van der Waals surface area contributed by atoms with E-state index in [4.69, 9.17) is 10.7 Å². The van der Waals surface area contributed by atoms with Crippen molar-refractivity contribution >= 4 is 16.7 Å². The minimum absolute atomic E-state index is 0.546. The van der Waals surface area contributed by atoms with Gasteiger partial charge in [-0.3, -0.25) is 15.1 Å². The van der Waals surface area contributed by atoms with Gasteiger partial charge >= 0.3 is 0 Å². The second-order valence-electron chi connectivity index (χ2n) is 7.15. The van der Waals surface area contributed by atoms with Gasteiger partial charge in [-0.05, 0) is 49.2 Å². The van der Waals surface area contributed by atoms with Crippen LogP contribution in [0.4, 0.5) is 5.82 Å². The summed E-state index contributed by atoms with van der Waals surface area (Å²) in [4.78, 5) is 15.9. The Labute approximate surface area is 162 Å². The van der Waals surface area contributed by atoms with Crippen LogP contribution in [0, 0.1) is 5.92 Å². The first-order valence-corrected chi connectivity index (χ1v) is 9.49. The Morgan fingerprint density at radius 3 is 2.93 bits per heavy atom. The molecule has 0 radical (unpaired) electrons. The second kappa shape index (κ2) is 7.01. The van der Waals surface area contributed by atoms with Crippen molar-refractivity contribution in [3.8, 4) is 22.6 Å². The van der Waals surface area contributed by atoms with Gasteiger partial charge in [-0.15, -0.1) is 0 Å². The first-order chi connectivity index (χ1) is 13.8. The molecule has 0 amide bonds. The van der Waals surface area contributed by atoms with E-state index in [1.54, 1.807) is 6.20 Å². The highest BCUT2D eigenvalue weighted by atomic mass is 15.2. The maximum absolute atomic E-state index is 5.83. The molecule has 7 nitrogen and oxygen atoms in total. The summed E-state index contributed by atoms with van der Waals surface area (Å²) >= 11 is 0. The molecule has 7 heteroatoms. The molecule has 4 aromatic heterocycles. The van der Waals surface area contributed by atoms with Crippen LogP contribution in [0.2, 0.25) is 0 Å². The van der Waals surface area contributed by atoms with Crippen LogP contribution in [0.25, 0.3) is 33.5 Å². The van der Waals surface area contributed by atoms with Crippen LogP contribution in [0.5, 0.6) is 0 Å². The lowest BCUT2D eigenvalue weighted by molar-refractivity contribution is 0.602. The molecule has 0 aliphatic carbocycles. The van der Waals surface area contributed by atoms with Gasteiger partial charge in [0, 0.05) is 36.4 Å². The van der Waals surface area contributed by atoms with Crippen LogP contribution >= 0.6 is 0 Å². The van der Waals surface area contributed by atoms with Gasteiger partial charge in [-0.25, -0.2) is 4.98 Å². The number of hydrogen-bond acceptors (Lipinski definition) is 6. The highest BCUT2D eigenvalue weighted by Crippen LogP contribution is 2.30. The van der Waals surface area contributed by atoms with Crippen molar-refractivity contribution in [1.29, 1.82) is 0 Å². The molecule has 0 bridgehead atoms. The largest absolute Gasteiger partial charge is 0.356 e. The van der Waals surface area contributed by atoms with E-state index >= 15 is 0 Å². The summed E-state index contributed by atoms with van der Waals surface area (Å²) < 4.78 is 0. The van der Waals surface area contributed by atoms with Crippen LogP contribution in [0.15, 0.2) is 55.0 Å². The van der Waals surface area contributed by atoms with Crippen molar-refractivity contribution in [2.45, 2.75) is 6.42 Å². The number of rotatable bonds is 4. The monoisotopic (exact) mass is 371 g/mol. The first kappa shape index (κ1) is 16.8. The molecule has 1 fully saturated rings. The summed E-state index contributed by atoms with van der Waals surface area (Å²) in [5.41, 5.74) is 10.2.